The largest absolute Gasteiger partial charge is 0.454 e. The molecule has 0 aliphatic carbocycles. The quantitative estimate of drug-likeness (QED) is 0.214. The SMILES string of the molecule is Clc1ccc(-c2ccc(-c3cc(-c4nn5c(Cc6ccccc6)nnc5s4)c4ccccc4n3)o2)c(Cl)c1. The van der Waals surface area contributed by atoms with Crippen LogP contribution in [-0.2, 0) is 6.42 Å². The highest BCUT2D eigenvalue weighted by atomic mass is 35.5. The zero-order valence-corrected chi connectivity index (χ0v) is 22.0. The van der Waals surface area contributed by atoms with Gasteiger partial charge >= 0.3 is 0 Å². The van der Waals surface area contributed by atoms with Gasteiger partial charge in [0, 0.05) is 28.0 Å². The predicted molar refractivity (Wildman–Crippen MR) is 152 cm³/mol. The van der Waals surface area contributed by atoms with Crippen LogP contribution in [0.1, 0.15) is 11.4 Å². The summed E-state index contributed by atoms with van der Waals surface area (Å²) >= 11 is 14.0. The number of para-hydroxylation sites is 1. The number of nitrogens with zero attached hydrogens (tertiary/aromatic N) is 5. The van der Waals surface area contributed by atoms with E-state index < -0.39 is 0 Å². The lowest BCUT2D eigenvalue weighted by Crippen LogP contribution is -1.98. The van der Waals surface area contributed by atoms with Gasteiger partial charge in [-0.2, -0.15) is 9.61 Å². The summed E-state index contributed by atoms with van der Waals surface area (Å²) in [6.07, 6.45) is 0.649. The lowest BCUT2D eigenvalue weighted by Gasteiger charge is -2.07. The molecule has 7 aromatic rings. The van der Waals surface area contributed by atoms with Crippen LogP contribution in [0.4, 0.5) is 0 Å². The molecular weight excluding hydrogens is 537 g/mol. The molecule has 0 fully saturated rings. The number of hydrogen-bond donors (Lipinski definition) is 0. The summed E-state index contributed by atoms with van der Waals surface area (Å²) < 4.78 is 8.04. The van der Waals surface area contributed by atoms with E-state index in [1.54, 1.807) is 12.1 Å². The molecule has 6 nitrogen and oxygen atoms in total. The van der Waals surface area contributed by atoms with Crippen LogP contribution in [0.5, 0.6) is 0 Å². The third-order valence-electron chi connectivity index (χ3n) is 6.26. The average Bonchev–Trinajstić information content (AvgIpc) is 3.66. The Balaban J connectivity index is 1.32. The number of furan rings is 1. The summed E-state index contributed by atoms with van der Waals surface area (Å²) in [4.78, 5) is 5.63. The summed E-state index contributed by atoms with van der Waals surface area (Å²) in [7, 11) is 0. The lowest BCUT2D eigenvalue weighted by molar-refractivity contribution is 0.595. The minimum absolute atomic E-state index is 0.525. The van der Waals surface area contributed by atoms with Gasteiger partial charge in [0.2, 0.25) is 4.96 Å². The highest BCUT2D eigenvalue weighted by Crippen LogP contribution is 2.37. The van der Waals surface area contributed by atoms with Crippen LogP contribution >= 0.6 is 34.5 Å². The highest BCUT2D eigenvalue weighted by Gasteiger charge is 2.18. The van der Waals surface area contributed by atoms with Crippen molar-refractivity contribution in [2.75, 3.05) is 0 Å². The Bertz CT molecular complexity index is 1940. The molecule has 184 valence electrons. The molecule has 0 saturated carbocycles. The molecule has 9 heteroatoms. The van der Waals surface area contributed by atoms with E-state index in [0.717, 1.165) is 43.4 Å². The molecule has 0 spiro atoms. The van der Waals surface area contributed by atoms with Gasteiger partial charge in [-0.3, -0.25) is 0 Å². The topological polar surface area (TPSA) is 69.1 Å². The minimum Gasteiger partial charge on any atom is -0.454 e. The zero-order valence-electron chi connectivity index (χ0n) is 19.7. The molecule has 3 aromatic carbocycles. The Labute approximate surface area is 231 Å². The second-order valence-corrected chi connectivity index (χ2v) is 10.5. The number of fused-ring (bicyclic) bond motifs is 2. The van der Waals surface area contributed by atoms with E-state index in [9.17, 15) is 0 Å². The first-order valence-electron chi connectivity index (χ1n) is 11.8. The average molecular weight is 554 g/mol. The normalized spacial score (nSPS) is 11.5. The zero-order chi connectivity index (χ0) is 25.6. The number of pyridine rings is 1. The number of benzene rings is 3. The van der Waals surface area contributed by atoms with Crippen LogP contribution in [0.2, 0.25) is 10.0 Å². The second kappa shape index (κ2) is 9.36. The molecule has 0 radical (unpaired) electrons. The van der Waals surface area contributed by atoms with E-state index in [2.05, 4.69) is 28.4 Å². The van der Waals surface area contributed by atoms with Gasteiger partial charge < -0.3 is 4.42 Å². The molecule has 4 heterocycles. The molecule has 0 atom stereocenters. The van der Waals surface area contributed by atoms with Crippen LogP contribution in [0.25, 0.3) is 49.2 Å². The Morgan fingerprint density at radius 1 is 0.789 bits per heavy atom. The van der Waals surface area contributed by atoms with Gasteiger partial charge in [0.25, 0.3) is 0 Å². The molecular formula is C29H17Cl2N5OS. The molecule has 0 N–H and O–H groups in total. The summed E-state index contributed by atoms with van der Waals surface area (Å²) in [5, 5.41) is 16.6. The third kappa shape index (κ3) is 4.15. The van der Waals surface area contributed by atoms with Gasteiger partial charge in [0.15, 0.2) is 11.6 Å². The Kier molecular flexibility index (Phi) is 5.69. The Hall–Kier alpha value is -4.04. The molecule has 38 heavy (non-hydrogen) atoms. The van der Waals surface area contributed by atoms with Crippen LogP contribution in [-0.4, -0.2) is 24.8 Å². The standard InChI is InChI=1S/C29H17Cl2N5OS/c30-18-10-11-20(22(31)15-18)25-12-13-26(37-25)24-16-21(19-8-4-5-9-23(19)32-24)28-35-36-27(33-34-29(36)38-28)14-17-6-2-1-3-7-17/h1-13,15-16H,14H2. The fourth-order valence-corrected chi connectivity index (χ4v) is 5.83. The monoisotopic (exact) mass is 553 g/mol. The van der Waals surface area contributed by atoms with E-state index >= 15 is 0 Å². The lowest BCUT2D eigenvalue weighted by atomic mass is 10.1. The fraction of sp³-hybridized carbons (Fsp3) is 0.0345. The van der Waals surface area contributed by atoms with Crippen LogP contribution < -0.4 is 0 Å². The molecule has 4 aromatic heterocycles. The molecule has 7 rings (SSSR count). The predicted octanol–water partition coefficient (Wildman–Crippen LogP) is 8.23. The van der Waals surface area contributed by atoms with Crippen molar-refractivity contribution in [2.45, 2.75) is 6.42 Å². The van der Waals surface area contributed by atoms with Crippen LogP contribution in [0, 0.1) is 0 Å². The first-order chi connectivity index (χ1) is 18.6. The van der Waals surface area contributed by atoms with Crippen molar-refractivity contribution in [3.05, 3.63) is 112 Å². The van der Waals surface area contributed by atoms with Crippen molar-refractivity contribution >= 4 is 50.4 Å². The Morgan fingerprint density at radius 3 is 2.47 bits per heavy atom. The van der Waals surface area contributed by atoms with Gasteiger partial charge in [-0.15, -0.1) is 10.2 Å². The van der Waals surface area contributed by atoms with E-state index in [1.807, 2.05) is 65.2 Å². The van der Waals surface area contributed by atoms with E-state index in [0.29, 0.717) is 33.7 Å². The smallest absolute Gasteiger partial charge is 0.234 e. The van der Waals surface area contributed by atoms with Crippen molar-refractivity contribution < 1.29 is 4.42 Å². The van der Waals surface area contributed by atoms with Crippen molar-refractivity contribution in [3.8, 4) is 33.3 Å². The minimum atomic E-state index is 0.525. The summed E-state index contributed by atoms with van der Waals surface area (Å²) in [6, 6.07) is 29.3. The fourth-order valence-electron chi connectivity index (χ4n) is 4.44. The van der Waals surface area contributed by atoms with Gasteiger partial charge in [-0.1, -0.05) is 83.1 Å². The third-order valence-corrected chi connectivity index (χ3v) is 7.74. The number of hydrogen-bond acceptors (Lipinski definition) is 6. The molecule has 0 aliphatic heterocycles. The summed E-state index contributed by atoms with van der Waals surface area (Å²) in [5.41, 5.74) is 4.42. The first-order valence-corrected chi connectivity index (χ1v) is 13.4. The van der Waals surface area contributed by atoms with Crippen molar-refractivity contribution in [3.63, 3.8) is 0 Å². The number of aromatic nitrogens is 5. The Morgan fingerprint density at radius 2 is 1.61 bits per heavy atom. The maximum Gasteiger partial charge on any atom is 0.234 e. The van der Waals surface area contributed by atoms with Crippen LogP contribution in [0.15, 0.2) is 95.4 Å². The van der Waals surface area contributed by atoms with E-state index in [4.69, 9.17) is 37.7 Å². The van der Waals surface area contributed by atoms with Gasteiger partial charge in [0.1, 0.15) is 16.5 Å². The van der Waals surface area contributed by atoms with Gasteiger partial charge in [-0.05, 0) is 48.0 Å². The number of halogens is 2. The van der Waals surface area contributed by atoms with Crippen molar-refractivity contribution in [1.82, 2.24) is 24.8 Å². The van der Waals surface area contributed by atoms with Gasteiger partial charge in [-0.25, -0.2) is 4.98 Å². The first kappa shape index (κ1) is 23.1. The maximum atomic E-state index is 6.41. The molecule has 0 amide bonds. The molecule has 0 unspecified atom stereocenters. The maximum absolute atomic E-state index is 6.41. The van der Waals surface area contributed by atoms with Crippen LogP contribution in [0.3, 0.4) is 0 Å². The highest BCUT2D eigenvalue weighted by molar-refractivity contribution is 7.19. The summed E-state index contributed by atoms with van der Waals surface area (Å²) in [6.45, 7) is 0. The second-order valence-electron chi connectivity index (χ2n) is 8.74. The number of rotatable bonds is 5. The molecule has 0 aliphatic rings. The van der Waals surface area contributed by atoms with E-state index in [1.165, 1.54) is 11.3 Å². The molecule has 0 bridgehead atoms. The summed E-state index contributed by atoms with van der Waals surface area (Å²) in [5.74, 6) is 2.07. The van der Waals surface area contributed by atoms with Crippen molar-refractivity contribution in [1.29, 1.82) is 0 Å². The van der Waals surface area contributed by atoms with E-state index in [-0.39, 0.29) is 0 Å². The van der Waals surface area contributed by atoms with Crippen molar-refractivity contribution in [2.24, 2.45) is 0 Å². The van der Waals surface area contributed by atoms with Gasteiger partial charge in [0.05, 0.1) is 10.5 Å². The molecule has 0 saturated heterocycles.